The normalized spacial score (nSPS) is 18.8. The van der Waals surface area contributed by atoms with Crippen molar-refractivity contribution < 1.29 is 0 Å². The Morgan fingerprint density at radius 3 is 1.69 bits per heavy atom. The molecule has 1 aliphatic carbocycles. The minimum absolute atomic E-state index is 0.951. The highest BCUT2D eigenvalue weighted by Crippen LogP contribution is 2.31. The van der Waals surface area contributed by atoms with E-state index in [1.807, 2.05) is 0 Å². The maximum absolute atomic E-state index is 4.27. The zero-order valence-electron chi connectivity index (χ0n) is 8.51. The summed E-state index contributed by atoms with van der Waals surface area (Å²) in [4.78, 5) is 0. The van der Waals surface area contributed by atoms with Gasteiger partial charge >= 0.3 is 33.0 Å². The van der Waals surface area contributed by atoms with Crippen molar-refractivity contribution in [2.75, 3.05) is 0 Å². The molecule has 0 amide bonds. The molecule has 0 heterocycles. The van der Waals surface area contributed by atoms with Gasteiger partial charge in [-0.3, -0.25) is 0 Å². The number of hydrogen-bond donors (Lipinski definition) is 0. The predicted octanol–water partition coefficient (Wildman–Crippen LogP) is 1.60. The van der Waals surface area contributed by atoms with Crippen molar-refractivity contribution in [3.05, 3.63) is 47.5 Å². The van der Waals surface area contributed by atoms with Crippen LogP contribution in [-0.2, 0) is 0 Å². The topological polar surface area (TPSA) is 24.7 Å². The fraction of sp³-hybridized carbons (Fsp3) is 0. The lowest BCUT2D eigenvalue weighted by Gasteiger charge is -2.01. The molecule has 3 rings (SSSR count). The minimum atomic E-state index is 0.951. The SMILES string of the molecule is [Al][N]=C1C(=[N][Al])c2cccc3cccc1c23. The van der Waals surface area contributed by atoms with E-state index < -0.39 is 0 Å². The molecule has 0 saturated heterocycles. The first kappa shape index (κ1) is 10.3. The van der Waals surface area contributed by atoms with E-state index in [0.29, 0.717) is 0 Å². The van der Waals surface area contributed by atoms with Crippen LogP contribution in [0.1, 0.15) is 11.1 Å². The first-order valence-corrected chi connectivity index (χ1v) is 5.98. The Balaban J connectivity index is 2.53. The molecule has 70 valence electrons. The van der Waals surface area contributed by atoms with Gasteiger partial charge in [0.25, 0.3) is 0 Å². The zero-order chi connectivity index (χ0) is 11.1. The van der Waals surface area contributed by atoms with E-state index >= 15 is 0 Å². The average molecular weight is 232 g/mol. The summed E-state index contributed by atoms with van der Waals surface area (Å²) in [5.74, 6) is 0. The Bertz CT molecular complexity index is 592. The molecule has 0 N–H and O–H groups in total. The van der Waals surface area contributed by atoms with E-state index in [4.69, 9.17) is 0 Å². The van der Waals surface area contributed by atoms with Gasteiger partial charge in [-0.15, -0.1) is 0 Å². The second kappa shape index (κ2) is 3.84. The second-order valence-electron chi connectivity index (χ2n) is 3.66. The van der Waals surface area contributed by atoms with Gasteiger partial charge in [0.05, 0.1) is 11.4 Å². The van der Waals surface area contributed by atoms with Gasteiger partial charge in [-0.05, 0) is 5.39 Å². The maximum atomic E-state index is 4.27. The monoisotopic (exact) mass is 232 g/mol. The quantitative estimate of drug-likeness (QED) is 0.616. The molecule has 0 fully saturated rings. The Morgan fingerprint density at radius 2 is 1.25 bits per heavy atom. The van der Waals surface area contributed by atoms with Crippen molar-refractivity contribution in [1.82, 2.24) is 0 Å². The Hall–Kier alpha value is -0.895. The summed E-state index contributed by atoms with van der Waals surface area (Å²) < 4.78 is 8.54. The van der Waals surface area contributed by atoms with Gasteiger partial charge in [0.2, 0.25) is 0 Å². The fourth-order valence-corrected chi connectivity index (χ4v) is 2.77. The molecule has 0 unspecified atom stereocenters. The number of rotatable bonds is 0. The van der Waals surface area contributed by atoms with Crippen LogP contribution in [-0.4, -0.2) is 44.4 Å². The molecule has 0 aromatic heterocycles. The molecule has 0 atom stereocenters. The van der Waals surface area contributed by atoms with Crippen LogP contribution in [0.2, 0.25) is 0 Å². The summed E-state index contributed by atoms with van der Waals surface area (Å²) in [6.45, 7) is 0. The van der Waals surface area contributed by atoms with Gasteiger partial charge in [-0.2, -0.15) is 0 Å². The third kappa shape index (κ3) is 1.26. The molecule has 0 saturated carbocycles. The van der Waals surface area contributed by atoms with E-state index in [1.165, 1.54) is 21.9 Å². The standard InChI is InChI=1S/C12H6N2.2Al/c13-11-8-5-1-3-7-4-2-6-9(10(7)8)12(11)14;;/h1-6H;;/q-2;2*+1. The summed E-state index contributed by atoms with van der Waals surface area (Å²) in [5.41, 5.74) is 4.24. The van der Waals surface area contributed by atoms with Crippen molar-refractivity contribution in [2.45, 2.75) is 0 Å². The summed E-state index contributed by atoms with van der Waals surface area (Å²) in [6, 6.07) is 12.5. The Labute approximate surface area is 110 Å². The predicted molar refractivity (Wildman–Crippen MR) is 68.5 cm³/mol. The lowest BCUT2D eigenvalue weighted by Crippen LogP contribution is -2.10. The smallest absolute Gasteiger partial charge is 0.346 e. The van der Waals surface area contributed by atoms with Crippen molar-refractivity contribution in [2.24, 2.45) is 7.95 Å². The van der Waals surface area contributed by atoms with Crippen LogP contribution in [0.15, 0.2) is 44.4 Å². The zero-order valence-corrected chi connectivity index (χ0v) is 10.8. The number of hydrogen-bond acceptors (Lipinski definition) is 2. The van der Waals surface area contributed by atoms with E-state index in [-0.39, 0.29) is 0 Å². The van der Waals surface area contributed by atoms with Crippen LogP contribution in [0.25, 0.3) is 10.8 Å². The third-order valence-corrected chi connectivity index (χ3v) is 3.41. The number of benzene rings is 2. The van der Waals surface area contributed by atoms with Gasteiger partial charge in [0.1, 0.15) is 0 Å². The van der Waals surface area contributed by atoms with E-state index in [9.17, 15) is 0 Å². The first-order valence-electron chi connectivity index (χ1n) is 4.95. The molecule has 4 radical (unpaired) electrons. The van der Waals surface area contributed by atoms with Crippen LogP contribution < -0.4 is 0 Å². The molecule has 1 aliphatic rings. The van der Waals surface area contributed by atoms with Crippen LogP contribution in [0, 0.1) is 0 Å². The molecule has 2 nitrogen and oxygen atoms in total. The van der Waals surface area contributed by atoms with Crippen LogP contribution in [0.5, 0.6) is 0 Å². The Morgan fingerprint density at radius 1 is 0.750 bits per heavy atom. The molecule has 0 aliphatic heterocycles. The second-order valence-corrected chi connectivity index (χ2v) is 4.18. The third-order valence-electron chi connectivity index (χ3n) is 2.90. The van der Waals surface area contributed by atoms with Crippen molar-refractivity contribution in [3.8, 4) is 0 Å². The van der Waals surface area contributed by atoms with E-state index in [1.54, 1.807) is 0 Å². The summed E-state index contributed by atoms with van der Waals surface area (Å²) in [5, 5.41) is 2.50. The molecular formula is C12H6Al2N2. The van der Waals surface area contributed by atoms with Gasteiger partial charge in [-0.1, -0.05) is 36.4 Å². The Kier molecular flexibility index (Phi) is 2.47. The molecule has 0 bridgehead atoms. The molecule has 2 aromatic carbocycles. The first-order chi connectivity index (χ1) is 7.86. The molecular weight excluding hydrogens is 226 g/mol. The highest BCUT2D eigenvalue weighted by Gasteiger charge is 2.23. The molecule has 4 heteroatoms. The molecule has 16 heavy (non-hydrogen) atoms. The summed E-state index contributed by atoms with van der Waals surface area (Å²) >= 11 is 4.84. The summed E-state index contributed by atoms with van der Waals surface area (Å²) in [7, 11) is 0. The van der Waals surface area contributed by atoms with Gasteiger partial charge in [0.15, 0.2) is 0 Å². The summed E-state index contributed by atoms with van der Waals surface area (Å²) in [6.07, 6.45) is 0. The lowest BCUT2D eigenvalue weighted by molar-refractivity contribution is 1.72. The largest absolute Gasteiger partial charge is 0.425 e. The van der Waals surface area contributed by atoms with Crippen molar-refractivity contribution in [3.63, 3.8) is 0 Å². The van der Waals surface area contributed by atoms with E-state index in [2.05, 4.69) is 77.4 Å². The van der Waals surface area contributed by atoms with Gasteiger partial charge in [0, 0.05) is 16.5 Å². The average Bonchev–Trinajstić information content (AvgIpc) is 2.65. The lowest BCUT2D eigenvalue weighted by atomic mass is 10.1. The van der Waals surface area contributed by atoms with Crippen molar-refractivity contribution >= 4 is 55.2 Å². The van der Waals surface area contributed by atoms with Crippen LogP contribution >= 0.6 is 0 Å². The van der Waals surface area contributed by atoms with E-state index in [0.717, 1.165) is 11.4 Å². The van der Waals surface area contributed by atoms with Crippen LogP contribution in [0.3, 0.4) is 0 Å². The van der Waals surface area contributed by atoms with Crippen LogP contribution in [0.4, 0.5) is 0 Å². The highest BCUT2D eigenvalue weighted by molar-refractivity contribution is 6.63. The van der Waals surface area contributed by atoms with Gasteiger partial charge < -0.3 is 7.95 Å². The molecule has 0 spiro atoms. The molecule has 2 aromatic rings. The highest BCUT2D eigenvalue weighted by atomic mass is 27.1. The van der Waals surface area contributed by atoms with Gasteiger partial charge in [-0.25, -0.2) is 0 Å². The van der Waals surface area contributed by atoms with Crippen molar-refractivity contribution in [1.29, 1.82) is 0 Å². The fourth-order valence-electron chi connectivity index (χ4n) is 2.25. The number of nitrogens with zero attached hydrogens (tertiary/aromatic N) is 2. The maximum Gasteiger partial charge on any atom is 0.346 e. The minimum Gasteiger partial charge on any atom is -0.425 e.